The van der Waals surface area contributed by atoms with E-state index in [2.05, 4.69) is 31.0 Å². The van der Waals surface area contributed by atoms with Crippen LogP contribution in [0.2, 0.25) is 0 Å². The predicted octanol–water partition coefficient (Wildman–Crippen LogP) is 4.42. The average molecular weight is 378 g/mol. The highest BCUT2D eigenvalue weighted by Gasteiger charge is 2.73. The number of hydrogen-bond donors (Lipinski definition) is 0. The summed E-state index contributed by atoms with van der Waals surface area (Å²) in [6.45, 7) is 14.2. The van der Waals surface area contributed by atoms with Gasteiger partial charge in [-0.15, -0.1) is 21.5 Å². The lowest BCUT2D eigenvalue weighted by molar-refractivity contribution is -0.209. The second-order valence-electron chi connectivity index (χ2n) is 11.0. The number of ether oxygens (including phenoxy) is 1. The van der Waals surface area contributed by atoms with Crippen LogP contribution in [-0.2, 0) is 16.6 Å². The third kappa shape index (κ3) is 3.04. The van der Waals surface area contributed by atoms with Crippen molar-refractivity contribution < 1.29 is 9.53 Å². The zero-order valence-electron chi connectivity index (χ0n) is 16.9. The van der Waals surface area contributed by atoms with Crippen molar-refractivity contribution >= 4 is 17.4 Å². The van der Waals surface area contributed by atoms with Crippen LogP contribution in [0.15, 0.2) is 0 Å². The Morgan fingerprint density at radius 2 is 1.77 bits per heavy atom. The summed E-state index contributed by atoms with van der Waals surface area (Å²) in [6, 6.07) is 0. The van der Waals surface area contributed by atoms with Crippen LogP contribution in [0.5, 0.6) is 0 Å². The molecular weight excluding hydrogens is 346 g/mol. The maximum atomic E-state index is 12.1. The van der Waals surface area contributed by atoms with Gasteiger partial charge in [-0.2, -0.15) is 0 Å². The zero-order valence-corrected chi connectivity index (χ0v) is 17.7. The van der Waals surface area contributed by atoms with E-state index in [0.717, 1.165) is 19.5 Å². The van der Waals surface area contributed by atoms with Crippen molar-refractivity contribution in [2.45, 2.75) is 78.2 Å². The van der Waals surface area contributed by atoms with Crippen LogP contribution in [0.3, 0.4) is 0 Å². The monoisotopic (exact) mass is 377 g/mol. The van der Waals surface area contributed by atoms with E-state index in [4.69, 9.17) is 4.74 Å². The van der Waals surface area contributed by atoms with Gasteiger partial charge < -0.3 is 9.64 Å². The molecule has 1 aromatic heterocycles. The van der Waals surface area contributed by atoms with E-state index in [1.165, 1.54) is 29.3 Å². The molecule has 0 unspecified atom stereocenters. The molecule has 3 aliphatic carbocycles. The van der Waals surface area contributed by atoms with Gasteiger partial charge in [0.25, 0.3) is 0 Å². The van der Waals surface area contributed by atoms with Crippen molar-refractivity contribution in [3.63, 3.8) is 0 Å². The van der Waals surface area contributed by atoms with E-state index >= 15 is 0 Å². The fraction of sp³-hybridized carbons (Fsp3) is 0.850. The standard InChI is InChI=1S/C20H31N3O2S/c1-17(2,3)7-14-21-22-15(26-14)20-10-19(11-20,12-20)13-8-23(9-13)16(24)25-18(4,5)6/h13H,7-12H2,1-6H3. The van der Waals surface area contributed by atoms with E-state index < -0.39 is 5.60 Å². The molecule has 5 nitrogen and oxygen atoms in total. The Morgan fingerprint density at radius 3 is 2.31 bits per heavy atom. The van der Waals surface area contributed by atoms with Gasteiger partial charge in [-0.05, 0) is 50.9 Å². The van der Waals surface area contributed by atoms with Crippen LogP contribution >= 0.6 is 11.3 Å². The Labute approximate surface area is 160 Å². The van der Waals surface area contributed by atoms with Gasteiger partial charge in [0, 0.05) is 30.8 Å². The summed E-state index contributed by atoms with van der Waals surface area (Å²) in [7, 11) is 0. The van der Waals surface area contributed by atoms with Gasteiger partial charge in [-0.25, -0.2) is 4.79 Å². The molecule has 1 saturated heterocycles. The topological polar surface area (TPSA) is 55.3 Å². The van der Waals surface area contributed by atoms with E-state index in [1.54, 1.807) is 0 Å². The van der Waals surface area contributed by atoms with Crippen molar-refractivity contribution in [2.24, 2.45) is 16.7 Å². The smallest absolute Gasteiger partial charge is 0.410 e. The second-order valence-corrected chi connectivity index (χ2v) is 12.1. The molecule has 0 atom stereocenters. The van der Waals surface area contributed by atoms with Gasteiger partial charge in [0.2, 0.25) is 0 Å². The molecule has 2 heterocycles. The number of rotatable bonds is 3. The van der Waals surface area contributed by atoms with Crippen LogP contribution in [0.25, 0.3) is 0 Å². The highest BCUT2D eigenvalue weighted by molar-refractivity contribution is 7.11. The fourth-order valence-corrected chi connectivity index (χ4v) is 6.19. The minimum Gasteiger partial charge on any atom is -0.444 e. The highest BCUT2D eigenvalue weighted by atomic mass is 32.1. The van der Waals surface area contributed by atoms with Crippen LogP contribution in [0, 0.1) is 16.7 Å². The molecule has 3 saturated carbocycles. The maximum absolute atomic E-state index is 12.1. The zero-order chi connectivity index (χ0) is 19.0. The Hall–Kier alpha value is -1.17. The molecule has 1 aliphatic heterocycles. The molecule has 5 rings (SSSR count). The van der Waals surface area contributed by atoms with Crippen molar-refractivity contribution in [1.29, 1.82) is 0 Å². The Morgan fingerprint density at radius 1 is 1.15 bits per heavy atom. The lowest BCUT2D eigenvalue weighted by Crippen LogP contribution is -2.73. The highest BCUT2D eigenvalue weighted by Crippen LogP contribution is 2.77. The Bertz CT molecular complexity index is 702. The van der Waals surface area contributed by atoms with Gasteiger partial charge in [-0.3, -0.25) is 0 Å². The maximum Gasteiger partial charge on any atom is 0.410 e. The predicted molar refractivity (Wildman–Crippen MR) is 102 cm³/mol. The quantitative estimate of drug-likeness (QED) is 0.783. The van der Waals surface area contributed by atoms with Crippen molar-refractivity contribution in [1.82, 2.24) is 15.1 Å². The van der Waals surface area contributed by atoms with Crippen LogP contribution in [-0.4, -0.2) is 39.9 Å². The summed E-state index contributed by atoms with van der Waals surface area (Å²) in [6.07, 6.45) is 4.54. The Balaban J connectivity index is 1.29. The minimum atomic E-state index is -0.412. The normalized spacial score (nSPS) is 31.1. The number of likely N-dealkylation sites (tertiary alicyclic amines) is 1. The first kappa shape index (κ1) is 18.2. The molecule has 0 spiro atoms. The lowest BCUT2D eigenvalue weighted by Gasteiger charge is -2.74. The average Bonchev–Trinajstić information content (AvgIpc) is 2.71. The SMILES string of the molecule is CC(C)(C)Cc1nnc(C23CC(C4CN(C(=O)OC(C)(C)C)C4)(C2)C3)s1. The molecule has 1 amide bonds. The molecule has 6 heteroatoms. The number of carbonyl (C=O) groups is 1. The number of amides is 1. The summed E-state index contributed by atoms with van der Waals surface area (Å²) >= 11 is 1.82. The van der Waals surface area contributed by atoms with Gasteiger partial charge in [0.05, 0.1) is 0 Å². The van der Waals surface area contributed by atoms with Crippen molar-refractivity contribution in [2.75, 3.05) is 13.1 Å². The molecule has 2 bridgehead atoms. The number of hydrogen-bond acceptors (Lipinski definition) is 5. The lowest BCUT2D eigenvalue weighted by atomic mass is 9.31. The summed E-state index contributed by atoms with van der Waals surface area (Å²) in [5.74, 6) is 0.638. The first-order valence-electron chi connectivity index (χ1n) is 9.71. The van der Waals surface area contributed by atoms with E-state index in [1.807, 2.05) is 37.0 Å². The largest absolute Gasteiger partial charge is 0.444 e. The van der Waals surface area contributed by atoms with E-state index in [-0.39, 0.29) is 11.5 Å². The molecule has 0 aromatic carbocycles. The van der Waals surface area contributed by atoms with Crippen molar-refractivity contribution in [3.8, 4) is 0 Å². The summed E-state index contributed by atoms with van der Waals surface area (Å²) in [5.41, 5.74) is 0.605. The molecule has 4 aliphatic rings. The van der Waals surface area contributed by atoms with E-state index in [9.17, 15) is 4.79 Å². The first-order valence-corrected chi connectivity index (χ1v) is 10.5. The molecule has 0 radical (unpaired) electrons. The van der Waals surface area contributed by atoms with Crippen LogP contribution in [0.1, 0.15) is 70.8 Å². The molecule has 144 valence electrons. The second kappa shape index (κ2) is 5.43. The van der Waals surface area contributed by atoms with Gasteiger partial charge in [0.15, 0.2) is 0 Å². The van der Waals surface area contributed by atoms with E-state index in [0.29, 0.717) is 16.7 Å². The molecule has 26 heavy (non-hydrogen) atoms. The summed E-state index contributed by atoms with van der Waals surface area (Å²) in [4.78, 5) is 14.0. The minimum absolute atomic E-state index is 0.161. The molecule has 1 aromatic rings. The summed E-state index contributed by atoms with van der Waals surface area (Å²) < 4.78 is 5.47. The first-order chi connectivity index (χ1) is 11.9. The summed E-state index contributed by atoms with van der Waals surface area (Å²) in [5, 5.41) is 11.4. The molecular formula is C20H31N3O2S. The fourth-order valence-electron chi connectivity index (χ4n) is 4.86. The number of nitrogens with zero attached hydrogens (tertiary/aromatic N) is 3. The van der Waals surface area contributed by atoms with Crippen LogP contribution in [0.4, 0.5) is 4.79 Å². The number of carbonyl (C=O) groups excluding carboxylic acids is 1. The molecule has 0 N–H and O–H groups in total. The van der Waals surface area contributed by atoms with Gasteiger partial charge in [0.1, 0.15) is 15.6 Å². The van der Waals surface area contributed by atoms with Crippen LogP contribution < -0.4 is 0 Å². The van der Waals surface area contributed by atoms with Gasteiger partial charge in [-0.1, -0.05) is 20.8 Å². The van der Waals surface area contributed by atoms with Gasteiger partial charge >= 0.3 is 6.09 Å². The molecule has 4 fully saturated rings. The third-order valence-electron chi connectivity index (χ3n) is 6.07. The van der Waals surface area contributed by atoms with Crippen molar-refractivity contribution in [3.05, 3.63) is 10.0 Å². The Kier molecular flexibility index (Phi) is 3.80. The number of aromatic nitrogens is 2. The third-order valence-corrected chi connectivity index (χ3v) is 7.24.